The van der Waals surface area contributed by atoms with Crippen LogP contribution in [0.15, 0.2) is 17.0 Å². The number of carbonyl (C=O) groups is 1. The number of thioether (sulfide) groups is 1. The number of fused-ring (bicyclic) bond motifs is 2. The van der Waals surface area contributed by atoms with Gasteiger partial charge in [0.25, 0.3) is 0 Å². The van der Waals surface area contributed by atoms with Gasteiger partial charge in [0, 0.05) is 21.6 Å². The van der Waals surface area contributed by atoms with E-state index in [1.807, 2.05) is 0 Å². The third kappa shape index (κ3) is 4.30. The van der Waals surface area contributed by atoms with Crippen LogP contribution in [0.1, 0.15) is 58.3 Å². The Hall–Kier alpha value is -0.940. The minimum Gasteiger partial charge on any atom is -0.491 e. The van der Waals surface area contributed by atoms with Crippen LogP contribution in [0.4, 0.5) is 4.39 Å². The lowest BCUT2D eigenvalue weighted by molar-refractivity contribution is -0.141. The van der Waals surface area contributed by atoms with Crippen LogP contribution in [0.3, 0.4) is 0 Å². The van der Waals surface area contributed by atoms with Gasteiger partial charge in [-0.1, -0.05) is 37.8 Å². The Morgan fingerprint density at radius 3 is 2.68 bits per heavy atom. The summed E-state index contributed by atoms with van der Waals surface area (Å²) in [6.07, 6.45) is 8.69. The Morgan fingerprint density at radius 2 is 2.00 bits per heavy atom. The van der Waals surface area contributed by atoms with Crippen molar-refractivity contribution in [1.82, 2.24) is 0 Å². The van der Waals surface area contributed by atoms with Crippen molar-refractivity contribution in [2.45, 2.75) is 68.4 Å². The van der Waals surface area contributed by atoms with Crippen LogP contribution in [-0.2, 0) is 4.79 Å². The third-order valence-corrected chi connectivity index (χ3v) is 8.55. The van der Waals surface area contributed by atoms with E-state index in [9.17, 15) is 14.3 Å². The van der Waals surface area contributed by atoms with Crippen LogP contribution in [0.25, 0.3) is 0 Å². The quantitative estimate of drug-likeness (QED) is 0.570. The highest BCUT2D eigenvalue weighted by Gasteiger charge is 2.41. The number of halogens is 2. The lowest BCUT2D eigenvalue weighted by Crippen LogP contribution is -2.32. The molecule has 1 N–H and O–H groups in total. The van der Waals surface area contributed by atoms with E-state index in [4.69, 9.17) is 16.3 Å². The molecule has 3 nitrogen and oxygen atoms in total. The average molecular weight is 427 g/mol. The summed E-state index contributed by atoms with van der Waals surface area (Å²) in [4.78, 5) is 11.8. The molecule has 0 saturated heterocycles. The van der Waals surface area contributed by atoms with Gasteiger partial charge in [-0.05, 0) is 50.0 Å². The summed E-state index contributed by atoms with van der Waals surface area (Å²) in [7, 11) is 0. The second kappa shape index (κ2) is 8.06. The predicted octanol–water partition coefficient (Wildman–Crippen LogP) is 6.42. The highest BCUT2D eigenvalue weighted by molar-refractivity contribution is 8.00. The molecule has 1 aromatic carbocycles. The fraction of sp³-hybridized carbons (Fsp3) is 0.682. The van der Waals surface area contributed by atoms with Crippen molar-refractivity contribution < 1.29 is 19.0 Å². The van der Waals surface area contributed by atoms with E-state index in [2.05, 4.69) is 6.92 Å². The maximum absolute atomic E-state index is 14.7. The molecule has 3 aliphatic rings. The van der Waals surface area contributed by atoms with Crippen molar-refractivity contribution in [3.8, 4) is 5.75 Å². The Morgan fingerprint density at radius 1 is 1.29 bits per heavy atom. The lowest BCUT2D eigenvalue weighted by Gasteiger charge is -2.37. The standard InChI is InChI=1S/C22H28ClFO3S/c1-22(10-13-5-6-14(7-13)11-22)12-27-18-9-17(24)20(8-16(18)23)28-19-4-2-3-15(19)21(25)26/h8-9,13-15,19H,2-7,10-12H2,1H3,(H,25,26)/t13-,14+,15?,19?,22?. The second-order valence-electron chi connectivity index (χ2n) is 9.30. The number of benzene rings is 1. The molecule has 0 amide bonds. The van der Waals surface area contributed by atoms with Gasteiger partial charge in [-0.15, -0.1) is 11.8 Å². The molecule has 3 fully saturated rings. The zero-order chi connectivity index (χ0) is 19.9. The van der Waals surface area contributed by atoms with Crippen molar-refractivity contribution in [2.24, 2.45) is 23.2 Å². The average Bonchev–Trinajstić information content (AvgIpc) is 3.23. The molecule has 0 spiro atoms. The van der Waals surface area contributed by atoms with E-state index in [1.165, 1.54) is 49.9 Å². The molecule has 3 unspecified atom stereocenters. The van der Waals surface area contributed by atoms with Crippen molar-refractivity contribution >= 4 is 29.3 Å². The molecular weight excluding hydrogens is 399 g/mol. The van der Waals surface area contributed by atoms with Crippen LogP contribution >= 0.6 is 23.4 Å². The maximum Gasteiger partial charge on any atom is 0.307 e. The molecule has 154 valence electrons. The maximum atomic E-state index is 14.7. The minimum atomic E-state index is -0.795. The number of rotatable bonds is 6. The summed E-state index contributed by atoms with van der Waals surface area (Å²) < 4.78 is 20.7. The van der Waals surface area contributed by atoms with E-state index in [0.29, 0.717) is 28.7 Å². The van der Waals surface area contributed by atoms with Gasteiger partial charge < -0.3 is 9.84 Å². The lowest BCUT2D eigenvalue weighted by atomic mass is 9.71. The first-order valence-corrected chi connectivity index (χ1v) is 11.6. The Bertz CT molecular complexity index is 744. The SMILES string of the molecule is CC1(COc2cc(F)c(SC3CCCC3C(=O)O)cc2Cl)C[C@@H]2CC[C@@H](C2)C1. The van der Waals surface area contributed by atoms with Gasteiger partial charge in [0.2, 0.25) is 0 Å². The number of carboxylic acids is 1. The molecule has 3 saturated carbocycles. The Kier molecular flexibility index (Phi) is 5.85. The number of carboxylic acid groups (broad SMARTS) is 1. The zero-order valence-electron chi connectivity index (χ0n) is 16.3. The molecule has 5 atom stereocenters. The highest BCUT2D eigenvalue weighted by atomic mass is 35.5. The molecule has 4 rings (SSSR count). The zero-order valence-corrected chi connectivity index (χ0v) is 17.8. The fourth-order valence-electron chi connectivity index (χ4n) is 5.62. The second-order valence-corrected chi connectivity index (χ2v) is 11.0. The third-order valence-electron chi connectivity index (χ3n) is 6.82. The molecule has 6 heteroatoms. The first kappa shape index (κ1) is 20.3. The van der Waals surface area contributed by atoms with Gasteiger partial charge in [0.05, 0.1) is 17.5 Å². The first-order chi connectivity index (χ1) is 13.3. The summed E-state index contributed by atoms with van der Waals surface area (Å²) in [5.74, 6) is 0.425. The van der Waals surface area contributed by atoms with Crippen LogP contribution in [0, 0.1) is 29.0 Å². The van der Waals surface area contributed by atoms with E-state index in [0.717, 1.165) is 24.7 Å². The number of ether oxygens (including phenoxy) is 1. The smallest absolute Gasteiger partial charge is 0.307 e. The summed E-state index contributed by atoms with van der Waals surface area (Å²) in [6, 6.07) is 2.97. The van der Waals surface area contributed by atoms with Gasteiger partial charge in [0.15, 0.2) is 0 Å². The van der Waals surface area contributed by atoms with Gasteiger partial charge in [-0.3, -0.25) is 4.79 Å². The van der Waals surface area contributed by atoms with Gasteiger partial charge in [-0.25, -0.2) is 4.39 Å². The van der Waals surface area contributed by atoms with Crippen molar-refractivity contribution in [3.05, 3.63) is 23.0 Å². The monoisotopic (exact) mass is 426 g/mol. The predicted molar refractivity (Wildman–Crippen MR) is 110 cm³/mol. The summed E-state index contributed by atoms with van der Waals surface area (Å²) in [5, 5.41) is 9.63. The molecular formula is C22H28ClFO3S. The highest BCUT2D eigenvalue weighted by Crippen LogP contribution is 2.51. The summed E-state index contributed by atoms with van der Waals surface area (Å²) in [6.45, 7) is 2.84. The van der Waals surface area contributed by atoms with Crippen LogP contribution in [-0.4, -0.2) is 22.9 Å². The largest absolute Gasteiger partial charge is 0.491 e. The molecule has 0 heterocycles. The van der Waals surface area contributed by atoms with Crippen molar-refractivity contribution in [1.29, 1.82) is 0 Å². The van der Waals surface area contributed by atoms with E-state index in [1.54, 1.807) is 6.07 Å². The van der Waals surface area contributed by atoms with Crippen molar-refractivity contribution in [2.75, 3.05) is 6.61 Å². The molecule has 0 radical (unpaired) electrons. The van der Waals surface area contributed by atoms with Crippen LogP contribution in [0.5, 0.6) is 5.75 Å². The molecule has 0 aliphatic heterocycles. The first-order valence-electron chi connectivity index (χ1n) is 10.3. The van der Waals surface area contributed by atoms with Crippen LogP contribution in [0.2, 0.25) is 5.02 Å². The van der Waals surface area contributed by atoms with E-state index in [-0.39, 0.29) is 16.5 Å². The minimum absolute atomic E-state index is 0.105. The van der Waals surface area contributed by atoms with Gasteiger partial charge >= 0.3 is 5.97 Å². The topological polar surface area (TPSA) is 46.5 Å². The van der Waals surface area contributed by atoms with Crippen LogP contribution < -0.4 is 4.74 Å². The fourth-order valence-corrected chi connectivity index (χ4v) is 7.29. The van der Waals surface area contributed by atoms with Gasteiger partial charge in [-0.2, -0.15) is 0 Å². The Balaban J connectivity index is 1.42. The van der Waals surface area contributed by atoms with Gasteiger partial charge in [0.1, 0.15) is 11.6 Å². The summed E-state index contributed by atoms with van der Waals surface area (Å²) >= 11 is 7.69. The molecule has 2 bridgehead atoms. The molecule has 3 aliphatic carbocycles. The number of aliphatic carboxylic acids is 1. The van der Waals surface area contributed by atoms with E-state index < -0.39 is 11.9 Å². The molecule has 1 aromatic rings. The molecule has 0 aromatic heterocycles. The number of hydrogen-bond acceptors (Lipinski definition) is 3. The normalized spacial score (nSPS) is 34.5. The molecule has 28 heavy (non-hydrogen) atoms. The number of hydrogen-bond donors (Lipinski definition) is 1. The van der Waals surface area contributed by atoms with E-state index >= 15 is 0 Å². The summed E-state index contributed by atoms with van der Waals surface area (Å²) in [5.41, 5.74) is 0.135. The Labute approximate surface area is 175 Å². The van der Waals surface area contributed by atoms with Crippen molar-refractivity contribution in [3.63, 3.8) is 0 Å².